The number of nitrogens with zero attached hydrogens (tertiary/aromatic N) is 6. The summed E-state index contributed by atoms with van der Waals surface area (Å²) in [6.45, 7) is 2.05. The van der Waals surface area contributed by atoms with Gasteiger partial charge in [0.05, 0.1) is 22.5 Å². The molecule has 0 radical (unpaired) electrons. The Morgan fingerprint density at radius 1 is 0.964 bits per heavy atom. The lowest BCUT2D eigenvalue weighted by atomic mass is 10.1. The highest BCUT2D eigenvalue weighted by Gasteiger charge is 2.25. The summed E-state index contributed by atoms with van der Waals surface area (Å²) in [4.78, 5) is 17.5. The Morgan fingerprint density at radius 2 is 1.82 bits per heavy atom. The van der Waals surface area contributed by atoms with Gasteiger partial charge in [-0.05, 0) is 18.2 Å². The molecule has 8 heteroatoms. The van der Waals surface area contributed by atoms with Gasteiger partial charge in [-0.15, -0.1) is 10.2 Å². The average Bonchev–Trinajstić information content (AvgIpc) is 3.16. The lowest BCUT2D eigenvalue weighted by Crippen LogP contribution is -2.34. The second kappa shape index (κ2) is 6.41. The van der Waals surface area contributed by atoms with Gasteiger partial charge < -0.3 is 9.47 Å². The number of hydrogen-bond acceptors (Lipinski definition) is 6. The molecule has 1 aliphatic rings. The predicted molar refractivity (Wildman–Crippen MR) is 105 cm³/mol. The molecule has 0 fully saturated rings. The highest BCUT2D eigenvalue weighted by Crippen LogP contribution is 2.34. The van der Waals surface area contributed by atoms with Crippen molar-refractivity contribution in [2.45, 2.75) is 13.1 Å². The number of hydrogen-bond donors (Lipinski definition) is 0. The van der Waals surface area contributed by atoms with Crippen LogP contribution in [0.2, 0.25) is 0 Å². The molecule has 4 aromatic rings. The third-order valence-electron chi connectivity index (χ3n) is 5.05. The molecule has 0 unspecified atom stereocenters. The first kappa shape index (κ1) is 16.4. The van der Waals surface area contributed by atoms with Crippen molar-refractivity contribution < 1.29 is 4.92 Å². The number of nitro benzene ring substituents is 1. The summed E-state index contributed by atoms with van der Waals surface area (Å²) in [6.07, 6.45) is 1.66. The molecule has 0 amide bonds. The first-order valence-electron chi connectivity index (χ1n) is 8.97. The van der Waals surface area contributed by atoms with Crippen LogP contribution >= 0.6 is 0 Å². The van der Waals surface area contributed by atoms with Gasteiger partial charge in [-0.25, -0.2) is 0 Å². The second-order valence-corrected chi connectivity index (χ2v) is 6.64. The molecular weight excluding hydrogens is 356 g/mol. The summed E-state index contributed by atoms with van der Waals surface area (Å²) in [7, 11) is 0. The third-order valence-corrected chi connectivity index (χ3v) is 5.05. The Bertz CT molecular complexity index is 1190. The molecule has 0 saturated carbocycles. The van der Waals surface area contributed by atoms with E-state index in [9.17, 15) is 10.1 Å². The standard InChI is InChI=1S/C20H16N6O2/c27-26(28)16-8-9-17(19-15(16)7-4-10-21-19)24-11-12-25-18(13-24)22-23-20(25)14-5-2-1-3-6-14/h1-10H,11-13H2. The van der Waals surface area contributed by atoms with Crippen LogP contribution in [-0.2, 0) is 13.1 Å². The molecule has 0 bridgehead atoms. The van der Waals surface area contributed by atoms with E-state index in [0.29, 0.717) is 17.4 Å². The summed E-state index contributed by atoms with van der Waals surface area (Å²) in [6, 6.07) is 16.8. The highest BCUT2D eigenvalue weighted by molar-refractivity contribution is 5.97. The minimum Gasteiger partial charge on any atom is -0.360 e. The molecule has 0 atom stereocenters. The number of anilines is 1. The van der Waals surface area contributed by atoms with Gasteiger partial charge in [-0.2, -0.15) is 0 Å². The maximum absolute atomic E-state index is 11.3. The van der Waals surface area contributed by atoms with Gasteiger partial charge in [0.2, 0.25) is 0 Å². The molecule has 1 aliphatic heterocycles. The van der Waals surface area contributed by atoms with Gasteiger partial charge in [0.1, 0.15) is 5.52 Å². The molecule has 0 aliphatic carbocycles. The van der Waals surface area contributed by atoms with Crippen molar-refractivity contribution in [3.05, 3.63) is 76.7 Å². The van der Waals surface area contributed by atoms with Crippen LogP contribution in [0.4, 0.5) is 11.4 Å². The van der Waals surface area contributed by atoms with Crippen LogP contribution in [0, 0.1) is 10.1 Å². The van der Waals surface area contributed by atoms with E-state index in [-0.39, 0.29) is 10.6 Å². The van der Waals surface area contributed by atoms with Crippen LogP contribution in [0.1, 0.15) is 5.82 Å². The van der Waals surface area contributed by atoms with Crippen molar-refractivity contribution in [3.63, 3.8) is 0 Å². The fourth-order valence-corrected chi connectivity index (χ4v) is 3.72. The van der Waals surface area contributed by atoms with E-state index in [4.69, 9.17) is 0 Å². The maximum atomic E-state index is 11.3. The summed E-state index contributed by atoms with van der Waals surface area (Å²) in [5.41, 5.74) is 2.61. The van der Waals surface area contributed by atoms with Gasteiger partial charge in [0, 0.05) is 30.9 Å². The summed E-state index contributed by atoms with van der Waals surface area (Å²) >= 11 is 0. The quantitative estimate of drug-likeness (QED) is 0.404. The Kier molecular flexibility index (Phi) is 3.75. The predicted octanol–water partition coefficient (Wildman–Crippen LogP) is 3.42. The van der Waals surface area contributed by atoms with Crippen LogP contribution in [0.3, 0.4) is 0 Å². The molecule has 0 saturated heterocycles. The van der Waals surface area contributed by atoms with E-state index in [1.807, 2.05) is 30.3 Å². The Morgan fingerprint density at radius 3 is 2.64 bits per heavy atom. The van der Waals surface area contributed by atoms with Gasteiger partial charge in [0.15, 0.2) is 11.6 Å². The minimum atomic E-state index is -0.368. The molecule has 28 heavy (non-hydrogen) atoms. The lowest BCUT2D eigenvalue weighted by Gasteiger charge is -2.30. The van der Waals surface area contributed by atoms with E-state index < -0.39 is 0 Å². The maximum Gasteiger partial charge on any atom is 0.278 e. The van der Waals surface area contributed by atoms with Crippen molar-refractivity contribution in [3.8, 4) is 11.4 Å². The fraction of sp³-hybridized carbons (Fsp3) is 0.150. The second-order valence-electron chi connectivity index (χ2n) is 6.64. The molecule has 2 aromatic heterocycles. The van der Waals surface area contributed by atoms with Gasteiger partial charge in [0.25, 0.3) is 5.69 Å². The number of pyridine rings is 1. The normalized spacial score (nSPS) is 13.5. The Labute approximate surface area is 160 Å². The highest BCUT2D eigenvalue weighted by atomic mass is 16.6. The monoisotopic (exact) mass is 372 g/mol. The van der Waals surface area contributed by atoms with E-state index >= 15 is 0 Å². The number of fused-ring (bicyclic) bond motifs is 2. The number of benzene rings is 2. The molecule has 5 rings (SSSR count). The fourth-order valence-electron chi connectivity index (χ4n) is 3.72. The minimum absolute atomic E-state index is 0.0680. The molecule has 3 heterocycles. The van der Waals surface area contributed by atoms with Gasteiger partial charge >= 0.3 is 0 Å². The third kappa shape index (κ3) is 2.58. The van der Waals surface area contributed by atoms with E-state index in [2.05, 4.69) is 24.6 Å². The lowest BCUT2D eigenvalue weighted by molar-refractivity contribution is -0.383. The zero-order valence-corrected chi connectivity index (χ0v) is 14.9. The van der Waals surface area contributed by atoms with Crippen LogP contribution in [0.25, 0.3) is 22.3 Å². The van der Waals surface area contributed by atoms with Crippen molar-refractivity contribution in [1.29, 1.82) is 0 Å². The van der Waals surface area contributed by atoms with Crippen LogP contribution < -0.4 is 4.90 Å². The Balaban J connectivity index is 1.53. The largest absolute Gasteiger partial charge is 0.360 e. The summed E-state index contributed by atoms with van der Waals surface area (Å²) < 4.78 is 2.13. The topological polar surface area (TPSA) is 90.0 Å². The zero-order chi connectivity index (χ0) is 19.1. The summed E-state index contributed by atoms with van der Waals surface area (Å²) in [5, 5.41) is 20.6. The van der Waals surface area contributed by atoms with Crippen molar-refractivity contribution in [2.75, 3.05) is 11.4 Å². The van der Waals surface area contributed by atoms with E-state index in [1.165, 1.54) is 0 Å². The van der Waals surface area contributed by atoms with Crippen molar-refractivity contribution in [2.24, 2.45) is 0 Å². The van der Waals surface area contributed by atoms with E-state index in [1.54, 1.807) is 30.5 Å². The molecule has 8 nitrogen and oxygen atoms in total. The zero-order valence-electron chi connectivity index (χ0n) is 14.9. The summed E-state index contributed by atoms with van der Waals surface area (Å²) in [5.74, 6) is 1.73. The molecule has 0 N–H and O–H groups in total. The van der Waals surface area contributed by atoms with Crippen LogP contribution in [0.5, 0.6) is 0 Å². The number of aromatic nitrogens is 4. The first-order chi connectivity index (χ1) is 13.7. The molecule has 2 aromatic carbocycles. The number of rotatable bonds is 3. The van der Waals surface area contributed by atoms with Crippen LogP contribution in [-0.4, -0.2) is 31.2 Å². The first-order valence-corrected chi connectivity index (χ1v) is 8.97. The number of nitro groups is 1. The van der Waals surface area contributed by atoms with E-state index in [0.717, 1.165) is 36.0 Å². The van der Waals surface area contributed by atoms with Gasteiger partial charge in [-0.3, -0.25) is 15.1 Å². The molecule has 138 valence electrons. The van der Waals surface area contributed by atoms with Crippen molar-refractivity contribution in [1.82, 2.24) is 19.7 Å². The van der Waals surface area contributed by atoms with Crippen LogP contribution in [0.15, 0.2) is 60.8 Å². The average molecular weight is 372 g/mol. The SMILES string of the molecule is O=[N+]([O-])c1ccc(N2CCn3c(nnc3-c3ccccc3)C2)c2ncccc12. The number of non-ortho nitro benzene ring substituents is 1. The molecular formula is C20H16N6O2. The van der Waals surface area contributed by atoms with Gasteiger partial charge in [-0.1, -0.05) is 30.3 Å². The smallest absolute Gasteiger partial charge is 0.278 e. The Hall–Kier alpha value is -3.81. The molecule has 0 spiro atoms. The van der Waals surface area contributed by atoms with Crippen molar-refractivity contribution >= 4 is 22.3 Å².